The molecular formula is C17H17N3O2. The Hall–Kier alpha value is -2.82. The van der Waals surface area contributed by atoms with E-state index in [0.29, 0.717) is 5.56 Å². The standard InChI is InChI=1S/C17H17N3O2/c1-12(16-9-6-10-22-16)19-17(21)15-11-18-20(13(15)2)14-7-4-3-5-8-14/h3-12H,1-2H3,(H,19,21). The Labute approximate surface area is 128 Å². The minimum absolute atomic E-state index is 0.163. The first kappa shape index (κ1) is 14.1. The first-order valence-corrected chi connectivity index (χ1v) is 7.11. The fourth-order valence-electron chi connectivity index (χ4n) is 2.35. The molecule has 2 aromatic heterocycles. The van der Waals surface area contributed by atoms with Crippen LogP contribution in [-0.2, 0) is 0 Å². The number of nitrogens with zero attached hydrogens (tertiary/aromatic N) is 2. The second-order valence-electron chi connectivity index (χ2n) is 5.10. The van der Waals surface area contributed by atoms with Crippen molar-refractivity contribution in [2.24, 2.45) is 0 Å². The summed E-state index contributed by atoms with van der Waals surface area (Å²) >= 11 is 0. The average Bonchev–Trinajstić information content (AvgIpc) is 3.17. The number of hydrogen-bond donors (Lipinski definition) is 1. The van der Waals surface area contributed by atoms with Gasteiger partial charge in [0.2, 0.25) is 0 Å². The molecule has 3 aromatic rings. The van der Waals surface area contributed by atoms with Gasteiger partial charge in [0.1, 0.15) is 5.76 Å². The van der Waals surface area contributed by atoms with Crippen molar-refractivity contribution in [3.05, 3.63) is 71.9 Å². The largest absolute Gasteiger partial charge is 0.467 e. The Morgan fingerprint density at radius 3 is 2.68 bits per heavy atom. The van der Waals surface area contributed by atoms with Crippen LogP contribution in [0.3, 0.4) is 0 Å². The zero-order valence-electron chi connectivity index (χ0n) is 12.5. The number of para-hydroxylation sites is 1. The van der Waals surface area contributed by atoms with Crippen LogP contribution in [0.4, 0.5) is 0 Å². The van der Waals surface area contributed by atoms with Gasteiger partial charge in [0.05, 0.1) is 35.4 Å². The van der Waals surface area contributed by atoms with Crippen LogP contribution in [0.1, 0.15) is 34.8 Å². The van der Waals surface area contributed by atoms with Gasteiger partial charge in [0, 0.05) is 0 Å². The molecular weight excluding hydrogens is 278 g/mol. The van der Waals surface area contributed by atoms with Gasteiger partial charge in [-0.3, -0.25) is 4.79 Å². The average molecular weight is 295 g/mol. The van der Waals surface area contributed by atoms with Crippen LogP contribution in [0.15, 0.2) is 59.3 Å². The number of aromatic nitrogens is 2. The summed E-state index contributed by atoms with van der Waals surface area (Å²) < 4.78 is 7.06. The molecule has 0 aliphatic rings. The van der Waals surface area contributed by atoms with E-state index in [4.69, 9.17) is 4.42 Å². The normalized spacial score (nSPS) is 12.1. The highest BCUT2D eigenvalue weighted by atomic mass is 16.3. The molecule has 0 aliphatic heterocycles. The van der Waals surface area contributed by atoms with E-state index in [2.05, 4.69) is 10.4 Å². The van der Waals surface area contributed by atoms with Gasteiger partial charge in [0.15, 0.2) is 0 Å². The molecule has 112 valence electrons. The van der Waals surface area contributed by atoms with Crippen molar-refractivity contribution >= 4 is 5.91 Å². The van der Waals surface area contributed by atoms with E-state index in [-0.39, 0.29) is 11.9 Å². The Kier molecular flexibility index (Phi) is 3.78. The Bertz CT molecular complexity index is 761. The highest BCUT2D eigenvalue weighted by Gasteiger charge is 2.18. The lowest BCUT2D eigenvalue weighted by molar-refractivity contribution is 0.0934. The molecule has 0 spiro atoms. The van der Waals surface area contributed by atoms with E-state index in [1.54, 1.807) is 23.2 Å². The number of carbonyl (C=O) groups excluding carboxylic acids is 1. The van der Waals surface area contributed by atoms with Gasteiger partial charge in [-0.25, -0.2) is 4.68 Å². The molecule has 0 saturated heterocycles. The van der Waals surface area contributed by atoms with Crippen molar-refractivity contribution in [1.82, 2.24) is 15.1 Å². The summed E-state index contributed by atoms with van der Waals surface area (Å²) in [5.74, 6) is 0.560. The molecule has 22 heavy (non-hydrogen) atoms. The van der Waals surface area contributed by atoms with Crippen molar-refractivity contribution in [2.45, 2.75) is 19.9 Å². The summed E-state index contributed by atoms with van der Waals surface area (Å²) in [4.78, 5) is 12.4. The van der Waals surface area contributed by atoms with Crippen LogP contribution >= 0.6 is 0 Å². The predicted octanol–water partition coefficient (Wildman–Crippen LogP) is 3.26. The second-order valence-corrected chi connectivity index (χ2v) is 5.10. The maximum absolute atomic E-state index is 12.4. The topological polar surface area (TPSA) is 60.1 Å². The number of rotatable bonds is 4. The number of benzene rings is 1. The van der Waals surface area contributed by atoms with Gasteiger partial charge in [-0.1, -0.05) is 18.2 Å². The van der Waals surface area contributed by atoms with Crippen molar-refractivity contribution in [3.8, 4) is 5.69 Å². The molecule has 0 saturated carbocycles. The lowest BCUT2D eigenvalue weighted by atomic mass is 10.2. The molecule has 0 bridgehead atoms. The fraction of sp³-hybridized carbons (Fsp3) is 0.176. The molecule has 5 nitrogen and oxygen atoms in total. The molecule has 5 heteroatoms. The van der Waals surface area contributed by atoms with Crippen LogP contribution in [0.25, 0.3) is 5.69 Å². The van der Waals surface area contributed by atoms with Crippen LogP contribution in [-0.4, -0.2) is 15.7 Å². The van der Waals surface area contributed by atoms with E-state index in [1.807, 2.05) is 50.2 Å². The van der Waals surface area contributed by atoms with Gasteiger partial charge in [-0.05, 0) is 38.1 Å². The van der Waals surface area contributed by atoms with Crippen LogP contribution in [0.2, 0.25) is 0 Å². The number of nitrogens with one attached hydrogen (secondary N) is 1. The molecule has 0 fully saturated rings. The molecule has 1 aromatic carbocycles. The number of carbonyl (C=O) groups is 1. The summed E-state index contributed by atoms with van der Waals surface area (Å²) in [6.45, 7) is 3.76. The smallest absolute Gasteiger partial charge is 0.255 e. The number of hydrogen-bond acceptors (Lipinski definition) is 3. The van der Waals surface area contributed by atoms with E-state index in [9.17, 15) is 4.79 Å². The van der Waals surface area contributed by atoms with Gasteiger partial charge in [0.25, 0.3) is 5.91 Å². The quantitative estimate of drug-likeness (QED) is 0.803. The lowest BCUT2D eigenvalue weighted by Gasteiger charge is -2.11. The molecule has 1 N–H and O–H groups in total. The monoisotopic (exact) mass is 295 g/mol. The van der Waals surface area contributed by atoms with E-state index in [0.717, 1.165) is 17.1 Å². The van der Waals surface area contributed by atoms with Gasteiger partial charge in [-0.2, -0.15) is 5.10 Å². The third kappa shape index (κ3) is 2.65. The van der Waals surface area contributed by atoms with Gasteiger partial charge >= 0.3 is 0 Å². The highest BCUT2D eigenvalue weighted by molar-refractivity contribution is 5.95. The predicted molar refractivity (Wildman–Crippen MR) is 82.9 cm³/mol. The van der Waals surface area contributed by atoms with Gasteiger partial charge in [-0.15, -0.1) is 0 Å². The van der Waals surface area contributed by atoms with E-state index >= 15 is 0 Å². The van der Waals surface area contributed by atoms with Crippen molar-refractivity contribution in [1.29, 1.82) is 0 Å². The third-order valence-corrected chi connectivity index (χ3v) is 3.57. The minimum atomic E-state index is -0.193. The highest BCUT2D eigenvalue weighted by Crippen LogP contribution is 2.16. The number of furan rings is 1. The molecule has 1 amide bonds. The van der Waals surface area contributed by atoms with Gasteiger partial charge < -0.3 is 9.73 Å². The molecule has 1 atom stereocenters. The Morgan fingerprint density at radius 2 is 2.00 bits per heavy atom. The van der Waals surface area contributed by atoms with Crippen LogP contribution < -0.4 is 5.32 Å². The molecule has 3 rings (SSSR count). The first-order valence-electron chi connectivity index (χ1n) is 7.11. The Morgan fingerprint density at radius 1 is 1.23 bits per heavy atom. The zero-order valence-corrected chi connectivity index (χ0v) is 12.5. The maximum atomic E-state index is 12.4. The Balaban J connectivity index is 1.81. The third-order valence-electron chi connectivity index (χ3n) is 3.57. The molecule has 1 unspecified atom stereocenters. The maximum Gasteiger partial charge on any atom is 0.255 e. The summed E-state index contributed by atoms with van der Waals surface area (Å²) in [7, 11) is 0. The van der Waals surface area contributed by atoms with Crippen molar-refractivity contribution in [3.63, 3.8) is 0 Å². The first-order chi connectivity index (χ1) is 10.7. The summed E-state index contributed by atoms with van der Waals surface area (Å²) in [5.41, 5.74) is 2.29. The summed E-state index contributed by atoms with van der Waals surface area (Å²) in [5, 5.41) is 7.23. The van der Waals surface area contributed by atoms with Crippen LogP contribution in [0, 0.1) is 6.92 Å². The van der Waals surface area contributed by atoms with Crippen molar-refractivity contribution < 1.29 is 9.21 Å². The van der Waals surface area contributed by atoms with E-state index in [1.165, 1.54) is 0 Å². The van der Waals surface area contributed by atoms with Crippen molar-refractivity contribution in [2.75, 3.05) is 0 Å². The number of amides is 1. The minimum Gasteiger partial charge on any atom is -0.467 e. The lowest BCUT2D eigenvalue weighted by Crippen LogP contribution is -2.26. The summed E-state index contributed by atoms with van der Waals surface area (Å²) in [6, 6.07) is 13.2. The molecule has 0 radical (unpaired) electrons. The second kappa shape index (κ2) is 5.89. The zero-order chi connectivity index (χ0) is 15.5. The summed E-state index contributed by atoms with van der Waals surface area (Å²) in [6.07, 6.45) is 3.18. The van der Waals surface area contributed by atoms with E-state index < -0.39 is 0 Å². The van der Waals surface area contributed by atoms with Crippen LogP contribution in [0.5, 0.6) is 0 Å². The molecule has 0 aliphatic carbocycles. The SMILES string of the molecule is Cc1c(C(=O)NC(C)c2ccco2)cnn1-c1ccccc1. The molecule has 2 heterocycles. The fourth-order valence-corrected chi connectivity index (χ4v) is 2.35.